The van der Waals surface area contributed by atoms with Gasteiger partial charge in [-0.2, -0.15) is 4.31 Å². The topological polar surface area (TPSA) is 66.9 Å². The van der Waals surface area contributed by atoms with Gasteiger partial charge in [-0.3, -0.25) is 0 Å². The van der Waals surface area contributed by atoms with Crippen molar-refractivity contribution in [1.82, 2.24) is 9.21 Å². The summed E-state index contributed by atoms with van der Waals surface area (Å²) in [6.45, 7) is 8.25. The van der Waals surface area contributed by atoms with Crippen molar-refractivity contribution < 1.29 is 17.9 Å². The average Bonchev–Trinajstić information content (AvgIpc) is 2.12. The second-order valence-corrected chi connectivity index (χ2v) is 7.63. The van der Waals surface area contributed by atoms with Crippen LogP contribution < -0.4 is 0 Å². The minimum Gasteiger partial charge on any atom is -0.444 e. The van der Waals surface area contributed by atoms with Crippen LogP contribution in [0.4, 0.5) is 4.79 Å². The Morgan fingerprint density at radius 2 is 1.83 bits per heavy atom. The molecule has 0 aromatic heterocycles. The van der Waals surface area contributed by atoms with Gasteiger partial charge in [-0.25, -0.2) is 13.2 Å². The van der Waals surface area contributed by atoms with E-state index in [1.165, 1.54) is 10.6 Å². The van der Waals surface area contributed by atoms with Crippen molar-refractivity contribution >= 4 is 16.1 Å². The third-order valence-electron chi connectivity index (χ3n) is 2.69. The summed E-state index contributed by atoms with van der Waals surface area (Å²) in [6, 6.07) is -0.177. The highest BCUT2D eigenvalue weighted by Crippen LogP contribution is 2.16. The van der Waals surface area contributed by atoms with Crippen LogP contribution in [0.2, 0.25) is 0 Å². The SMILES string of the molecule is C[C@@H]1CN(S(C)(=O)=O)CCN1C(=O)OC(C)(C)C. The van der Waals surface area contributed by atoms with Gasteiger partial charge in [-0.15, -0.1) is 0 Å². The van der Waals surface area contributed by atoms with Gasteiger partial charge in [0.25, 0.3) is 0 Å². The number of amides is 1. The average molecular weight is 278 g/mol. The molecule has 0 spiro atoms. The third-order valence-corrected chi connectivity index (χ3v) is 3.96. The molecule has 1 saturated heterocycles. The van der Waals surface area contributed by atoms with Crippen molar-refractivity contribution in [3.05, 3.63) is 0 Å². The summed E-state index contributed by atoms with van der Waals surface area (Å²) in [6.07, 6.45) is 0.797. The van der Waals surface area contributed by atoms with Crippen LogP contribution in [-0.4, -0.2) is 61.2 Å². The number of piperazine rings is 1. The van der Waals surface area contributed by atoms with Crippen LogP contribution in [0.15, 0.2) is 0 Å². The van der Waals surface area contributed by atoms with Crippen molar-refractivity contribution in [3.63, 3.8) is 0 Å². The molecule has 6 nitrogen and oxygen atoms in total. The van der Waals surface area contributed by atoms with Crippen molar-refractivity contribution in [2.45, 2.75) is 39.3 Å². The quantitative estimate of drug-likeness (QED) is 0.714. The van der Waals surface area contributed by atoms with Crippen molar-refractivity contribution in [1.29, 1.82) is 0 Å². The lowest BCUT2D eigenvalue weighted by Crippen LogP contribution is -2.56. The number of hydrogen-bond acceptors (Lipinski definition) is 4. The molecule has 1 fully saturated rings. The van der Waals surface area contributed by atoms with Gasteiger partial charge < -0.3 is 9.64 Å². The zero-order valence-electron chi connectivity index (χ0n) is 11.6. The Hall–Kier alpha value is -0.820. The Balaban J connectivity index is 2.66. The molecule has 0 aromatic rings. The van der Waals surface area contributed by atoms with Crippen LogP contribution in [0.1, 0.15) is 27.7 Å². The highest BCUT2D eigenvalue weighted by molar-refractivity contribution is 7.88. The Bertz CT molecular complexity index is 413. The smallest absolute Gasteiger partial charge is 0.410 e. The molecule has 1 aliphatic rings. The molecule has 1 aliphatic heterocycles. The van der Waals surface area contributed by atoms with Crippen LogP contribution in [0.5, 0.6) is 0 Å². The van der Waals surface area contributed by atoms with Gasteiger partial charge >= 0.3 is 6.09 Å². The lowest BCUT2D eigenvalue weighted by Gasteiger charge is -2.39. The van der Waals surface area contributed by atoms with E-state index in [0.717, 1.165) is 0 Å². The first-order chi connectivity index (χ1) is 8.00. The van der Waals surface area contributed by atoms with Crippen molar-refractivity contribution in [2.75, 3.05) is 25.9 Å². The van der Waals surface area contributed by atoms with E-state index >= 15 is 0 Å². The molecule has 0 radical (unpaired) electrons. The Morgan fingerprint density at radius 1 is 1.28 bits per heavy atom. The maximum Gasteiger partial charge on any atom is 0.410 e. The molecule has 0 N–H and O–H groups in total. The van der Waals surface area contributed by atoms with Gasteiger partial charge in [0.1, 0.15) is 5.60 Å². The van der Waals surface area contributed by atoms with Gasteiger partial charge in [-0.05, 0) is 27.7 Å². The Labute approximate surface area is 109 Å². The molecule has 0 aromatic carbocycles. The molecule has 1 rings (SSSR count). The maximum atomic E-state index is 11.9. The lowest BCUT2D eigenvalue weighted by molar-refractivity contribution is 0.00863. The molecule has 0 unspecified atom stereocenters. The highest BCUT2D eigenvalue weighted by Gasteiger charge is 2.33. The van der Waals surface area contributed by atoms with Gasteiger partial charge in [0.2, 0.25) is 10.0 Å². The van der Waals surface area contributed by atoms with Crippen LogP contribution in [-0.2, 0) is 14.8 Å². The van der Waals surface area contributed by atoms with Crippen LogP contribution in [0, 0.1) is 0 Å². The number of hydrogen-bond donors (Lipinski definition) is 0. The summed E-state index contributed by atoms with van der Waals surface area (Å²) < 4.78 is 29.5. The number of ether oxygens (including phenoxy) is 1. The number of carbonyl (C=O) groups is 1. The molecule has 106 valence electrons. The second-order valence-electron chi connectivity index (χ2n) is 5.64. The van der Waals surface area contributed by atoms with Crippen LogP contribution >= 0.6 is 0 Å². The molecular weight excluding hydrogens is 256 g/mol. The number of nitrogens with zero attached hydrogens (tertiary/aromatic N) is 2. The number of carbonyl (C=O) groups excluding carboxylic acids is 1. The van der Waals surface area contributed by atoms with E-state index in [0.29, 0.717) is 19.6 Å². The van der Waals surface area contributed by atoms with E-state index in [2.05, 4.69) is 0 Å². The van der Waals surface area contributed by atoms with E-state index in [-0.39, 0.29) is 12.1 Å². The first-order valence-electron chi connectivity index (χ1n) is 5.95. The fourth-order valence-electron chi connectivity index (χ4n) is 1.82. The molecule has 1 amide bonds. The van der Waals surface area contributed by atoms with E-state index in [1.807, 2.05) is 27.7 Å². The van der Waals surface area contributed by atoms with E-state index in [4.69, 9.17) is 4.74 Å². The summed E-state index contributed by atoms with van der Waals surface area (Å²) in [4.78, 5) is 13.5. The van der Waals surface area contributed by atoms with E-state index < -0.39 is 15.6 Å². The van der Waals surface area contributed by atoms with Gasteiger partial charge in [0, 0.05) is 25.7 Å². The van der Waals surface area contributed by atoms with Gasteiger partial charge in [-0.1, -0.05) is 0 Å². The lowest BCUT2D eigenvalue weighted by atomic mass is 10.2. The third kappa shape index (κ3) is 4.13. The first kappa shape index (κ1) is 15.2. The molecule has 1 heterocycles. The highest BCUT2D eigenvalue weighted by atomic mass is 32.2. The largest absolute Gasteiger partial charge is 0.444 e. The zero-order valence-corrected chi connectivity index (χ0v) is 12.5. The first-order valence-corrected chi connectivity index (χ1v) is 7.80. The minimum atomic E-state index is -3.19. The molecule has 0 bridgehead atoms. The summed E-state index contributed by atoms with van der Waals surface area (Å²) in [5, 5.41) is 0. The molecule has 0 aliphatic carbocycles. The molecule has 1 atom stereocenters. The minimum absolute atomic E-state index is 0.177. The standard InChI is InChI=1S/C11H22N2O4S/c1-9-8-12(18(5,15)16)6-7-13(9)10(14)17-11(2,3)4/h9H,6-8H2,1-5H3/t9-/m1/s1. The number of rotatable bonds is 1. The monoisotopic (exact) mass is 278 g/mol. The molecule has 18 heavy (non-hydrogen) atoms. The van der Waals surface area contributed by atoms with Crippen LogP contribution in [0.3, 0.4) is 0 Å². The predicted molar refractivity (Wildman–Crippen MR) is 68.8 cm³/mol. The van der Waals surface area contributed by atoms with E-state index in [1.54, 1.807) is 4.90 Å². The normalized spacial score (nSPS) is 22.9. The Morgan fingerprint density at radius 3 is 2.22 bits per heavy atom. The molecular formula is C11H22N2O4S. The number of sulfonamides is 1. The van der Waals surface area contributed by atoms with E-state index in [9.17, 15) is 13.2 Å². The fourth-order valence-corrected chi connectivity index (χ4v) is 2.72. The van der Waals surface area contributed by atoms with Crippen LogP contribution in [0.25, 0.3) is 0 Å². The molecule has 7 heteroatoms. The van der Waals surface area contributed by atoms with Gasteiger partial charge in [0.05, 0.1) is 6.26 Å². The second kappa shape index (κ2) is 5.05. The fraction of sp³-hybridized carbons (Fsp3) is 0.909. The summed E-state index contributed by atoms with van der Waals surface area (Å²) in [7, 11) is -3.19. The maximum absolute atomic E-state index is 11.9. The van der Waals surface area contributed by atoms with Crippen molar-refractivity contribution in [2.24, 2.45) is 0 Å². The predicted octanol–water partition coefficient (Wildman–Crippen LogP) is 0.887. The summed E-state index contributed by atoms with van der Waals surface area (Å²) in [5.41, 5.74) is -0.537. The molecule has 0 saturated carbocycles. The zero-order chi connectivity index (χ0) is 14.1. The summed E-state index contributed by atoms with van der Waals surface area (Å²) in [5.74, 6) is 0. The van der Waals surface area contributed by atoms with Gasteiger partial charge in [0.15, 0.2) is 0 Å². The summed E-state index contributed by atoms with van der Waals surface area (Å²) >= 11 is 0. The Kier molecular flexibility index (Phi) is 4.27. The van der Waals surface area contributed by atoms with Crippen molar-refractivity contribution in [3.8, 4) is 0 Å².